The first-order valence-electron chi connectivity index (χ1n) is 8.18. The number of benzene rings is 2. The highest BCUT2D eigenvalue weighted by Crippen LogP contribution is 2.23. The molecule has 134 valence electrons. The Kier molecular flexibility index (Phi) is 6.22. The first kappa shape index (κ1) is 18.4. The summed E-state index contributed by atoms with van der Waals surface area (Å²) in [7, 11) is 0. The number of nitrogens with zero attached hydrogens (tertiary/aromatic N) is 1. The first-order chi connectivity index (χ1) is 12.6. The molecule has 0 saturated carbocycles. The molecule has 0 aliphatic carbocycles. The van der Waals surface area contributed by atoms with Crippen molar-refractivity contribution in [1.29, 1.82) is 0 Å². The van der Waals surface area contributed by atoms with Crippen molar-refractivity contribution in [3.05, 3.63) is 76.3 Å². The third-order valence-electron chi connectivity index (χ3n) is 3.79. The van der Waals surface area contributed by atoms with Gasteiger partial charge in [-0.1, -0.05) is 48.0 Å². The zero-order valence-electron chi connectivity index (χ0n) is 14.0. The van der Waals surface area contributed by atoms with E-state index >= 15 is 0 Å². The molecule has 1 aromatic heterocycles. The van der Waals surface area contributed by atoms with Crippen LogP contribution in [0.1, 0.15) is 23.7 Å². The summed E-state index contributed by atoms with van der Waals surface area (Å²) in [4.78, 5) is 16.5. The third kappa shape index (κ3) is 5.29. The average molecular weight is 387 g/mol. The summed E-state index contributed by atoms with van der Waals surface area (Å²) in [5.41, 5.74) is 8.87. The van der Waals surface area contributed by atoms with E-state index in [0.29, 0.717) is 15.8 Å². The Morgan fingerprint density at radius 1 is 1.15 bits per heavy atom. The highest BCUT2D eigenvalue weighted by atomic mass is 35.5. The van der Waals surface area contributed by atoms with E-state index in [1.54, 1.807) is 24.3 Å². The summed E-state index contributed by atoms with van der Waals surface area (Å²) in [6.45, 7) is 0. The maximum atomic E-state index is 12.1. The molecule has 5 nitrogen and oxygen atoms in total. The maximum Gasteiger partial charge on any atom is 0.325 e. The Bertz CT molecular complexity index is 869. The highest BCUT2D eigenvalue weighted by Gasteiger charge is 2.12. The van der Waals surface area contributed by atoms with Crippen molar-refractivity contribution in [3.63, 3.8) is 0 Å². The minimum absolute atomic E-state index is 0.169. The molecule has 0 bridgehead atoms. The van der Waals surface area contributed by atoms with E-state index in [-0.39, 0.29) is 12.1 Å². The van der Waals surface area contributed by atoms with Gasteiger partial charge in [0.1, 0.15) is 0 Å². The molecule has 0 aliphatic rings. The van der Waals surface area contributed by atoms with Gasteiger partial charge >= 0.3 is 6.03 Å². The second kappa shape index (κ2) is 8.80. The number of urea groups is 1. The number of nitrogens with two attached hydrogens (primary N) is 1. The maximum absolute atomic E-state index is 12.1. The van der Waals surface area contributed by atoms with Crippen molar-refractivity contribution in [2.75, 3.05) is 10.6 Å². The van der Waals surface area contributed by atoms with E-state index in [2.05, 4.69) is 27.8 Å². The number of thiazole rings is 1. The van der Waals surface area contributed by atoms with Gasteiger partial charge in [-0.2, -0.15) is 0 Å². The molecule has 2 amide bonds. The van der Waals surface area contributed by atoms with Gasteiger partial charge in [-0.15, -0.1) is 11.3 Å². The van der Waals surface area contributed by atoms with Gasteiger partial charge < -0.3 is 11.1 Å². The van der Waals surface area contributed by atoms with Crippen LogP contribution in [0.2, 0.25) is 5.02 Å². The second-order valence-electron chi connectivity index (χ2n) is 5.80. The van der Waals surface area contributed by atoms with Crippen molar-refractivity contribution >= 4 is 39.8 Å². The predicted octanol–water partition coefficient (Wildman–Crippen LogP) is 5.07. The number of nitrogens with one attached hydrogen (secondary N) is 2. The van der Waals surface area contributed by atoms with Gasteiger partial charge in [0.2, 0.25) is 0 Å². The number of hydrogen-bond donors (Lipinski definition) is 3. The minimum Gasteiger partial charge on any atom is -0.323 e. The zero-order valence-corrected chi connectivity index (χ0v) is 15.6. The lowest BCUT2D eigenvalue weighted by Crippen LogP contribution is -2.19. The summed E-state index contributed by atoms with van der Waals surface area (Å²) in [5, 5.41) is 8.38. The van der Waals surface area contributed by atoms with Crippen LogP contribution in [0.4, 0.5) is 15.6 Å². The number of aryl methyl sites for hydroxylation is 1. The Hall–Kier alpha value is -2.41. The lowest BCUT2D eigenvalue weighted by molar-refractivity contribution is 0.262. The summed E-state index contributed by atoms with van der Waals surface area (Å²) in [6, 6.07) is 16.6. The molecule has 1 atom stereocenters. The number of carbonyl (C=O) groups excluding carboxylic acids is 1. The number of hydrogen-bond acceptors (Lipinski definition) is 4. The first-order valence-corrected chi connectivity index (χ1v) is 9.44. The smallest absolute Gasteiger partial charge is 0.323 e. The summed E-state index contributed by atoms with van der Waals surface area (Å²) >= 11 is 7.26. The molecule has 0 radical (unpaired) electrons. The number of anilines is 2. The predicted molar refractivity (Wildman–Crippen MR) is 108 cm³/mol. The van der Waals surface area contributed by atoms with Crippen LogP contribution in [0.5, 0.6) is 0 Å². The molecule has 0 spiro atoms. The van der Waals surface area contributed by atoms with Crippen LogP contribution in [0.15, 0.2) is 60.0 Å². The molecular formula is C19H19ClN4OS. The molecule has 0 fully saturated rings. The van der Waals surface area contributed by atoms with E-state index in [0.717, 1.165) is 18.5 Å². The van der Waals surface area contributed by atoms with Gasteiger partial charge in [0.25, 0.3) is 0 Å². The van der Waals surface area contributed by atoms with Crippen LogP contribution >= 0.6 is 22.9 Å². The quantitative estimate of drug-likeness (QED) is 0.553. The fraction of sp³-hybridized carbons (Fsp3) is 0.158. The van der Waals surface area contributed by atoms with E-state index in [9.17, 15) is 4.79 Å². The summed E-state index contributed by atoms with van der Waals surface area (Å²) in [5.74, 6) is 0. The van der Waals surface area contributed by atoms with Gasteiger partial charge in [0, 0.05) is 22.1 Å². The number of amides is 2. The zero-order chi connectivity index (χ0) is 18.4. The molecule has 2 aromatic carbocycles. The van der Waals surface area contributed by atoms with Crippen LogP contribution in [0.25, 0.3) is 0 Å². The van der Waals surface area contributed by atoms with Crippen molar-refractivity contribution in [3.8, 4) is 0 Å². The van der Waals surface area contributed by atoms with E-state index in [1.165, 1.54) is 16.9 Å². The summed E-state index contributed by atoms with van der Waals surface area (Å²) < 4.78 is 0. The van der Waals surface area contributed by atoms with Crippen LogP contribution < -0.4 is 16.4 Å². The van der Waals surface area contributed by atoms with E-state index in [4.69, 9.17) is 17.3 Å². The Morgan fingerprint density at radius 3 is 2.73 bits per heavy atom. The highest BCUT2D eigenvalue weighted by molar-refractivity contribution is 7.13. The average Bonchev–Trinajstić information content (AvgIpc) is 3.09. The van der Waals surface area contributed by atoms with Crippen LogP contribution in [-0.4, -0.2) is 11.0 Å². The minimum atomic E-state index is -0.369. The lowest BCUT2D eigenvalue weighted by atomic mass is 10.0. The standard InChI is InChI=1S/C19H19ClN4OS/c20-14-7-4-8-15(11-14)22-18(25)24-19-23-17(12-26-19)16(21)10-9-13-5-2-1-3-6-13/h1-8,11-12,16H,9-10,21H2,(H2,22,23,24,25). The van der Waals surface area contributed by atoms with Crippen molar-refractivity contribution in [2.45, 2.75) is 18.9 Å². The van der Waals surface area contributed by atoms with Gasteiger partial charge in [-0.05, 0) is 36.6 Å². The fourth-order valence-corrected chi connectivity index (χ4v) is 3.41. The molecule has 3 aromatic rings. The Balaban J connectivity index is 1.52. The fourth-order valence-electron chi connectivity index (χ4n) is 2.45. The molecular weight excluding hydrogens is 368 g/mol. The van der Waals surface area contributed by atoms with Crippen molar-refractivity contribution in [1.82, 2.24) is 4.98 Å². The van der Waals surface area contributed by atoms with Gasteiger partial charge in [-0.25, -0.2) is 9.78 Å². The van der Waals surface area contributed by atoms with Crippen molar-refractivity contribution < 1.29 is 4.79 Å². The van der Waals surface area contributed by atoms with Crippen molar-refractivity contribution in [2.24, 2.45) is 5.73 Å². The van der Waals surface area contributed by atoms with Gasteiger partial charge in [0.05, 0.1) is 5.69 Å². The molecule has 3 rings (SSSR count). The van der Waals surface area contributed by atoms with Crippen LogP contribution in [-0.2, 0) is 6.42 Å². The number of aromatic nitrogens is 1. The number of halogens is 1. The van der Waals surface area contributed by atoms with Crippen LogP contribution in [0.3, 0.4) is 0 Å². The normalized spacial score (nSPS) is 11.8. The number of rotatable bonds is 6. The van der Waals surface area contributed by atoms with Gasteiger partial charge in [0.15, 0.2) is 5.13 Å². The number of carbonyl (C=O) groups is 1. The SMILES string of the molecule is NC(CCc1ccccc1)c1csc(NC(=O)Nc2cccc(Cl)c2)n1. The lowest BCUT2D eigenvalue weighted by Gasteiger charge is -2.09. The topological polar surface area (TPSA) is 80.0 Å². The molecule has 1 unspecified atom stereocenters. The largest absolute Gasteiger partial charge is 0.325 e. The monoisotopic (exact) mass is 386 g/mol. The Morgan fingerprint density at radius 2 is 1.96 bits per heavy atom. The molecule has 26 heavy (non-hydrogen) atoms. The van der Waals surface area contributed by atoms with Gasteiger partial charge in [-0.3, -0.25) is 5.32 Å². The molecule has 7 heteroatoms. The molecule has 4 N–H and O–H groups in total. The molecule has 0 saturated heterocycles. The van der Waals surface area contributed by atoms with E-state index in [1.807, 2.05) is 23.6 Å². The van der Waals surface area contributed by atoms with E-state index < -0.39 is 0 Å². The second-order valence-corrected chi connectivity index (χ2v) is 7.09. The molecule has 1 heterocycles. The third-order valence-corrected chi connectivity index (χ3v) is 4.80. The summed E-state index contributed by atoms with van der Waals surface area (Å²) in [6.07, 6.45) is 1.68. The Labute approximate surface area is 161 Å². The van der Waals surface area contributed by atoms with Crippen LogP contribution in [0, 0.1) is 0 Å². The molecule has 0 aliphatic heterocycles.